The third-order valence-electron chi connectivity index (χ3n) is 3.41. The first kappa shape index (κ1) is 16.3. The predicted octanol–water partition coefficient (Wildman–Crippen LogP) is 3.29. The van der Waals surface area contributed by atoms with Crippen LogP contribution in [0.15, 0.2) is 18.2 Å². The van der Waals surface area contributed by atoms with E-state index in [1.807, 2.05) is 32.0 Å². The van der Waals surface area contributed by atoms with Crippen LogP contribution in [0.1, 0.15) is 38.8 Å². The van der Waals surface area contributed by atoms with E-state index < -0.39 is 0 Å². The topological polar surface area (TPSA) is 54.3 Å². The molecule has 0 aromatic heterocycles. The lowest BCUT2D eigenvalue weighted by Crippen LogP contribution is -2.24. The average molecular weight is 276 g/mol. The van der Waals surface area contributed by atoms with Crippen LogP contribution in [0.5, 0.6) is 11.5 Å². The van der Waals surface area contributed by atoms with Crippen molar-refractivity contribution in [2.45, 2.75) is 33.2 Å². The molecule has 0 saturated heterocycles. The van der Waals surface area contributed by atoms with E-state index in [0.29, 0.717) is 0 Å². The second-order valence-corrected chi connectivity index (χ2v) is 5.54. The van der Waals surface area contributed by atoms with Gasteiger partial charge in [-0.15, -0.1) is 0 Å². The molecule has 0 aliphatic carbocycles. The fraction of sp³-hybridized carbons (Fsp3) is 0.562. The molecule has 1 rings (SSSR count). The number of hydrogen-bond donors (Lipinski definition) is 1. The number of ether oxygens (including phenoxy) is 2. The Hall–Kier alpha value is -1.73. The summed E-state index contributed by atoms with van der Waals surface area (Å²) >= 11 is 0. The van der Waals surface area contributed by atoms with Gasteiger partial charge in [-0.1, -0.05) is 6.07 Å². The second-order valence-electron chi connectivity index (χ2n) is 5.54. The summed E-state index contributed by atoms with van der Waals surface area (Å²) in [6.45, 7) is 6.81. The first-order valence-electron chi connectivity index (χ1n) is 6.80. The van der Waals surface area contributed by atoms with Crippen molar-refractivity contribution in [3.63, 3.8) is 0 Å². The molecule has 0 fully saturated rings. The lowest BCUT2D eigenvalue weighted by atomic mass is 9.91. The molecular weight excluding hydrogens is 252 g/mol. The van der Waals surface area contributed by atoms with Gasteiger partial charge in [0.15, 0.2) is 11.5 Å². The molecule has 0 spiro atoms. The largest absolute Gasteiger partial charge is 0.493 e. The van der Waals surface area contributed by atoms with Gasteiger partial charge in [0, 0.05) is 6.04 Å². The molecular formula is C16H24N2O2. The number of benzene rings is 1. The van der Waals surface area contributed by atoms with Crippen LogP contribution >= 0.6 is 0 Å². The van der Waals surface area contributed by atoms with Gasteiger partial charge in [-0.25, -0.2) is 0 Å². The summed E-state index contributed by atoms with van der Waals surface area (Å²) in [6.07, 6.45) is 0.821. The molecule has 1 aromatic rings. The third-order valence-corrected chi connectivity index (χ3v) is 3.41. The molecule has 20 heavy (non-hydrogen) atoms. The fourth-order valence-corrected chi connectivity index (χ4v) is 1.90. The number of nitrogens with one attached hydrogen (secondary N) is 1. The van der Waals surface area contributed by atoms with Crippen molar-refractivity contribution in [2.75, 3.05) is 20.8 Å². The van der Waals surface area contributed by atoms with E-state index in [-0.39, 0.29) is 11.5 Å². The number of nitrogens with zero attached hydrogens (tertiary/aromatic N) is 1. The summed E-state index contributed by atoms with van der Waals surface area (Å²) in [5.41, 5.74) is 0.849. The van der Waals surface area contributed by atoms with Crippen LogP contribution in [0, 0.1) is 16.7 Å². The van der Waals surface area contributed by atoms with E-state index in [0.717, 1.165) is 30.0 Å². The zero-order valence-electron chi connectivity index (χ0n) is 13.0. The van der Waals surface area contributed by atoms with Crippen molar-refractivity contribution in [2.24, 2.45) is 5.41 Å². The van der Waals surface area contributed by atoms with Crippen LogP contribution in [0.25, 0.3) is 0 Å². The Labute approximate surface area is 121 Å². The lowest BCUT2D eigenvalue weighted by molar-refractivity contribution is 0.353. The standard InChI is InChI=1S/C16H24N2O2/c1-12(18-9-8-16(2,3)11-17)13-6-7-14(19-4)15(10-13)20-5/h6-7,10,12,18H,8-9H2,1-5H3. The van der Waals surface area contributed by atoms with Gasteiger partial charge in [-0.2, -0.15) is 5.26 Å². The highest BCUT2D eigenvalue weighted by Crippen LogP contribution is 2.30. The highest BCUT2D eigenvalue weighted by Gasteiger charge is 2.17. The van der Waals surface area contributed by atoms with Gasteiger partial charge in [-0.3, -0.25) is 0 Å². The Kier molecular flexibility index (Phi) is 5.84. The summed E-state index contributed by atoms with van der Waals surface area (Å²) in [7, 11) is 3.26. The highest BCUT2D eigenvalue weighted by atomic mass is 16.5. The van der Waals surface area contributed by atoms with Crippen LogP contribution in [0.3, 0.4) is 0 Å². The Morgan fingerprint density at radius 1 is 1.25 bits per heavy atom. The zero-order valence-corrected chi connectivity index (χ0v) is 13.0. The first-order chi connectivity index (χ1) is 9.43. The highest BCUT2D eigenvalue weighted by molar-refractivity contribution is 5.43. The quantitative estimate of drug-likeness (QED) is 0.830. The van der Waals surface area contributed by atoms with Crippen molar-refractivity contribution in [3.05, 3.63) is 23.8 Å². The van der Waals surface area contributed by atoms with E-state index in [9.17, 15) is 0 Å². The molecule has 1 atom stereocenters. The molecule has 0 saturated carbocycles. The Balaban J connectivity index is 2.64. The normalized spacial score (nSPS) is 12.6. The van der Waals surface area contributed by atoms with Gasteiger partial charge in [-0.05, 0) is 51.4 Å². The molecule has 0 heterocycles. The molecule has 0 aliphatic rings. The van der Waals surface area contributed by atoms with Gasteiger partial charge in [0.2, 0.25) is 0 Å². The number of methoxy groups -OCH3 is 2. The van der Waals surface area contributed by atoms with E-state index in [1.54, 1.807) is 14.2 Å². The van der Waals surface area contributed by atoms with Gasteiger partial charge < -0.3 is 14.8 Å². The summed E-state index contributed by atoms with van der Waals surface area (Å²) in [5, 5.41) is 12.4. The molecule has 110 valence electrons. The fourth-order valence-electron chi connectivity index (χ4n) is 1.90. The van der Waals surface area contributed by atoms with E-state index in [2.05, 4.69) is 18.3 Å². The Morgan fingerprint density at radius 2 is 1.90 bits per heavy atom. The zero-order chi connectivity index (χ0) is 15.2. The number of nitriles is 1. The molecule has 1 N–H and O–H groups in total. The van der Waals surface area contributed by atoms with Gasteiger partial charge in [0.05, 0.1) is 25.7 Å². The van der Waals surface area contributed by atoms with Crippen LogP contribution in [0.2, 0.25) is 0 Å². The van der Waals surface area contributed by atoms with Crippen LogP contribution in [-0.2, 0) is 0 Å². The van der Waals surface area contributed by atoms with Crippen molar-refractivity contribution in [1.82, 2.24) is 5.32 Å². The molecule has 4 heteroatoms. The summed E-state index contributed by atoms with van der Waals surface area (Å²) in [5.74, 6) is 1.46. The van der Waals surface area contributed by atoms with E-state index in [4.69, 9.17) is 14.7 Å². The van der Waals surface area contributed by atoms with Crippen LogP contribution in [0.4, 0.5) is 0 Å². The average Bonchev–Trinajstić information content (AvgIpc) is 2.46. The summed E-state index contributed by atoms with van der Waals surface area (Å²) in [6, 6.07) is 8.42. The molecule has 1 unspecified atom stereocenters. The maximum absolute atomic E-state index is 8.99. The predicted molar refractivity (Wildman–Crippen MR) is 80.0 cm³/mol. The van der Waals surface area contributed by atoms with Gasteiger partial charge >= 0.3 is 0 Å². The first-order valence-corrected chi connectivity index (χ1v) is 6.80. The molecule has 0 bridgehead atoms. The van der Waals surface area contributed by atoms with Crippen LogP contribution < -0.4 is 14.8 Å². The second kappa shape index (κ2) is 7.16. The maximum atomic E-state index is 8.99. The number of rotatable bonds is 7. The monoisotopic (exact) mass is 276 g/mol. The number of hydrogen-bond acceptors (Lipinski definition) is 4. The smallest absolute Gasteiger partial charge is 0.161 e. The van der Waals surface area contributed by atoms with Crippen molar-refractivity contribution in [3.8, 4) is 17.6 Å². The van der Waals surface area contributed by atoms with Crippen LogP contribution in [-0.4, -0.2) is 20.8 Å². The van der Waals surface area contributed by atoms with Crippen molar-refractivity contribution < 1.29 is 9.47 Å². The maximum Gasteiger partial charge on any atom is 0.161 e. The minimum absolute atomic E-state index is 0.198. The summed E-state index contributed by atoms with van der Waals surface area (Å²) in [4.78, 5) is 0. The molecule has 0 aliphatic heterocycles. The summed E-state index contributed by atoms with van der Waals surface area (Å²) < 4.78 is 10.5. The van der Waals surface area contributed by atoms with Gasteiger partial charge in [0.1, 0.15) is 0 Å². The van der Waals surface area contributed by atoms with Crippen molar-refractivity contribution in [1.29, 1.82) is 5.26 Å². The minimum atomic E-state index is -0.287. The molecule has 0 radical (unpaired) electrons. The van der Waals surface area contributed by atoms with Crippen molar-refractivity contribution >= 4 is 0 Å². The van der Waals surface area contributed by atoms with E-state index in [1.165, 1.54) is 0 Å². The van der Waals surface area contributed by atoms with Gasteiger partial charge in [0.25, 0.3) is 0 Å². The Bertz CT molecular complexity index is 478. The Morgan fingerprint density at radius 3 is 2.45 bits per heavy atom. The third kappa shape index (κ3) is 4.43. The van der Waals surface area contributed by atoms with E-state index >= 15 is 0 Å². The molecule has 1 aromatic carbocycles. The lowest BCUT2D eigenvalue weighted by Gasteiger charge is -2.19. The minimum Gasteiger partial charge on any atom is -0.493 e. The molecule has 4 nitrogen and oxygen atoms in total. The molecule has 0 amide bonds. The SMILES string of the molecule is COc1ccc(C(C)NCCC(C)(C)C#N)cc1OC.